The summed E-state index contributed by atoms with van der Waals surface area (Å²) in [4.78, 5) is 35.3. The van der Waals surface area contributed by atoms with Gasteiger partial charge in [-0.2, -0.15) is 0 Å². The van der Waals surface area contributed by atoms with Gasteiger partial charge in [-0.3, -0.25) is 9.97 Å². The molecular weight excluding hydrogens is 1310 g/mol. The van der Waals surface area contributed by atoms with Crippen molar-refractivity contribution in [3.63, 3.8) is 0 Å². The quantitative estimate of drug-likeness (QED) is 0.113. The van der Waals surface area contributed by atoms with E-state index in [4.69, 9.17) is 24.9 Å². The molecule has 0 N–H and O–H groups in total. The monoisotopic (exact) mass is 1380 g/mol. The highest BCUT2D eigenvalue weighted by atomic mass is 14.8. The molecule has 0 aliphatic carbocycles. The zero-order valence-corrected chi connectivity index (χ0v) is 58.7. The summed E-state index contributed by atoms with van der Waals surface area (Å²) in [6.45, 7) is 0. The van der Waals surface area contributed by atoms with Gasteiger partial charge in [-0.15, -0.1) is 0 Å². The molecule has 7 heteroatoms. The second-order valence-corrected chi connectivity index (χ2v) is 27.0. The van der Waals surface area contributed by atoms with Crippen LogP contribution in [-0.2, 0) is 0 Å². The number of pyridine rings is 7. The minimum absolute atomic E-state index is 0.812. The normalized spacial score (nSPS) is 11.3. The molecule has 0 unspecified atom stereocenters. The van der Waals surface area contributed by atoms with Gasteiger partial charge < -0.3 is 0 Å². The third-order valence-electron chi connectivity index (χ3n) is 20.5. The van der Waals surface area contributed by atoms with Crippen LogP contribution in [0.25, 0.3) is 200 Å². The van der Waals surface area contributed by atoms with Crippen LogP contribution in [0.1, 0.15) is 0 Å². The van der Waals surface area contributed by atoms with Gasteiger partial charge in [0.15, 0.2) is 0 Å². The van der Waals surface area contributed by atoms with Crippen LogP contribution in [0, 0.1) is 0 Å². The fourth-order valence-corrected chi connectivity index (χ4v) is 15.2. The fraction of sp³-hybridized carbons (Fsp3) is 0. The van der Waals surface area contributed by atoms with E-state index >= 15 is 0 Å². The first kappa shape index (κ1) is 64.3. The minimum Gasteiger partial charge on any atom is -0.255 e. The van der Waals surface area contributed by atoms with Gasteiger partial charge in [-0.1, -0.05) is 334 Å². The molecule has 20 rings (SSSR count). The van der Waals surface area contributed by atoms with Crippen LogP contribution in [0.2, 0.25) is 0 Å². The zero-order valence-electron chi connectivity index (χ0n) is 58.7. The second kappa shape index (κ2) is 28.3. The van der Waals surface area contributed by atoms with E-state index in [0.717, 1.165) is 167 Å². The number of benzene rings is 13. The average molecular weight is 1380 g/mol. The first-order valence-electron chi connectivity index (χ1n) is 36.4. The van der Waals surface area contributed by atoms with Crippen LogP contribution in [-0.4, -0.2) is 34.9 Å². The maximum Gasteiger partial charge on any atom is 0.0972 e. The Morgan fingerprint density at radius 1 is 0.157 bits per heavy atom. The van der Waals surface area contributed by atoms with Gasteiger partial charge in [-0.05, 0) is 104 Å². The van der Waals surface area contributed by atoms with Crippen molar-refractivity contribution in [1.82, 2.24) is 34.9 Å². The smallest absolute Gasteiger partial charge is 0.0972 e. The van der Waals surface area contributed by atoms with E-state index in [1.165, 1.54) is 33.0 Å². The van der Waals surface area contributed by atoms with Crippen molar-refractivity contribution in [2.45, 2.75) is 0 Å². The average Bonchev–Trinajstić information content (AvgIpc) is 0.741. The minimum atomic E-state index is 0.812. The van der Waals surface area contributed by atoms with Crippen molar-refractivity contribution in [3.05, 3.63) is 395 Å². The summed E-state index contributed by atoms with van der Waals surface area (Å²) in [6.07, 6.45) is 3.60. The summed E-state index contributed by atoms with van der Waals surface area (Å²) < 4.78 is 0. The molecule has 108 heavy (non-hydrogen) atoms. The summed E-state index contributed by atoms with van der Waals surface area (Å²) in [7, 11) is 0. The van der Waals surface area contributed by atoms with Crippen LogP contribution in [0.15, 0.2) is 395 Å². The molecule has 0 saturated carbocycles. The molecule has 0 radical (unpaired) electrons. The van der Waals surface area contributed by atoms with E-state index in [2.05, 4.69) is 338 Å². The standard InChI is InChI=1S/C52H34N4.C49H31N3/c1-3-13-38(14-4-1)42-17-11-19-44-50(42)45-20-12-18-43(52(45)56-51(44)40-15-5-2-6-16-40)39-29-27-36(28-30-39)35-23-25-37(26-24-35)41-33-48(46-21-7-9-31-53-46)55-49(34-41)47-22-8-10-32-54-47;1-4-12-32(13-5-1)39-18-10-20-41-45(39)42-21-11-19-40(49(42)52-46(41)36-16-8-3-9-17-36)33-22-24-35(25-23-33)44-31-29-38-27-26-37-28-30-43(34-14-6-2-7-15-34)50-47(37)48(38)51-44/h1-34H;1-31H. The van der Waals surface area contributed by atoms with Crippen LogP contribution in [0.5, 0.6) is 0 Å². The van der Waals surface area contributed by atoms with Gasteiger partial charge in [0.05, 0.1) is 67.6 Å². The highest BCUT2D eigenvalue weighted by molar-refractivity contribution is 6.21. The number of rotatable bonds is 12. The zero-order chi connectivity index (χ0) is 71.7. The summed E-state index contributed by atoms with van der Waals surface area (Å²) >= 11 is 0. The predicted molar refractivity (Wildman–Crippen MR) is 448 cm³/mol. The lowest BCUT2D eigenvalue weighted by Crippen LogP contribution is -1.94. The molecule has 0 fully saturated rings. The Bertz CT molecular complexity index is 6650. The predicted octanol–water partition coefficient (Wildman–Crippen LogP) is 26.1. The van der Waals surface area contributed by atoms with Crippen molar-refractivity contribution in [3.8, 4) is 135 Å². The molecule has 13 aromatic carbocycles. The molecule has 0 spiro atoms. The Labute approximate surface area is 625 Å². The van der Waals surface area contributed by atoms with Gasteiger partial charge in [0.2, 0.25) is 0 Å². The van der Waals surface area contributed by atoms with Crippen molar-refractivity contribution in [2.24, 2.45) is 0 Å². The van der Waals surface area contributed by atoms with Crippen LogP contribution in [0.3, 0.4) is 0 Å². The van der Waals surface area contributed by atoms with E-state index in [0.29, 0.717) is 0 Å². The maximum atomic E-state index is 5.44. The number of fused-ring (bicyclic) bond motifs is 9. The van der Waals surface area contributed by atoms with Crippen molar-refractivity contribution in [1.29, 1.82) is 0 Å². The Morgan fingerprint density at radius 2 is 0.472 bits per heavy atom. The van der Waals surface area contributed by atoms with E-state index < -0.39 is 0 Å². The Balaban J connectivity index is 0.000000147. The van der Waals surface area contributed by atoms with Gasteiger partial charge in [-0.25, -0.2) is 24.9 Å². The number of para-hydroxylation sites is 2. The third-order valence-corrected chi connectivity index (χ3v) is 20.5. The summed E-state index contributed by atoms with van der Waals surface area (Å²) in [6, 6.07) is 134. The first-order chi connectivity index (χ1) is 53.5. The van der Waals surface area contributed by atoms with Crippen molar-refractivity contribution in [2.75, 3.05) is 0 Å². The van der Waals surface area contributed by atoms with E-state index in [1.54, 1.807) is 12.4 Å². The lowest BCUT2D eigenvalue weighted by atomic mass is 9.91. The Morgan fingerprint density at radius 3 is 0.870 bits per heavy atom. The van der Waals surface area contributed by atoms with Crippen molar-refractivity contribution >= 4 is 65.2 Å². The second-order valence-electron chi connectivity index (χ2n) is 27.0. The largest absolute Gasteiger partial charge is 0.255 e. The maximum absolute atomic E-state index is 5.44. The number of nitrogens with zero attached hydrogens (tertiary/aromatic N) is 7. The molecule has 20 aromatic rings. The van der Waals surface area contributed by atoms with Crippen LogP contribution >= 0.6 is 0 Å². The molecule has 0 atom stereocenters. The summed E-state index contributed by atoms with van der Waals surface area (Å²) in [5, 5.41) is 9.16. The molecule has 7 heterocycles. The highest BCUT2D eigenvalue weighted by Gasteiger charge is 2.21. The highest BCUT2D eigenvalue weighted by Crippen LogP contribution is 2.45. The molecule has 0 saturated heterocycles. The van der Waals surface area contributed by atoms with Crippen molar-refractivity contribution < 1.29 is 0 Å². The number of hydrogen-bond donors (Lipinski definition) is 0. The van der Waals surface area contributed by atoms with Gasteiger partial charge in [0, 0.05) is 88.9 Å². The van der Waals surface area contributed by atoms with Crippen LogP contribution < -0.4 is 0 Å². The van der Waals surface area contributed by atoms with E-state index in [9.17, 15) is 0 Å². The van der Waals surface area contributed by atoms with Gasteiger partial charge >= 0.3 is 0 Å². The van der Waals surface area contributed by atoms with Gasteiger partial charge in [0.1, 0.15) is 0 Å². The SMILES string of the molecule is c1ccc(-c2ccc3ccc4ccc(-c5ccc(-c6cccc7c6nc(-c6ccccc6)c6cccc(-c8ccccc8)c67)cc5)nc4c3n2)cc1.c1ccc(-c2nc3c(-c4ccc(-c5ccc(-c6cc(-c7ccccn7)nc(-c7ccccn7)c6)cc5)cc4)cccc3c3c(-c4ccccc4)cccc23)cc1. The molecule has 0 aliphatic heterocycles. The number of aromatic nitrogens is 7. The molecule has 504 valence electrons. The molecule has 7 nitrogen and oxygen atoms in total. The summed E-state index contributed by atoms with van der Waals surface area (Å²) in [5.41, 5.74) is 28.9. The van der Waals surface area contributed by atoms with E-state index in [1.807, 2.05) is 54.6 Å². The van der Waals surface area contributed by atoms with E-state index in [-0.39, 0.29) is 0 Å². The molecule has 0 bridgehead atoms. The molecular formula is C101H65N7. The van der Waals surface area contributed by atoms with Gasteiger partial charge in [0.25, 0.3) is 0 Å². The van der Waals surface area contributed by atoms with Crippen LogP contribution in [0.4, 0.5) is 0 Å². The molecule has 7 aromatic heterocycles. The summed E-state index contributed by atoms with van der Waals surface area (Å²) in [5.74, 6) is 0. The third kappa shape index (κ3) is 12.3. The topological polar surface area (TPSA) is 90.2 Å². The molecule has 0 aliphatic rings. The number of hydrogen-bond acceptors (Lipinski definition) is 7. The lowest BCUT2D eigenvalue weighted by molar-refractivity contribution is 1.22. The first-order valence-corrected chi connectivity index (χ1v) is 36.4. The Hall–Kier alpha value is -14.5. The fourth-order valence-electron chi connectivity index (χ4n) is 15.2. The lowest BCUT2D eigenvalue weighted by Gasteiger charge is -2.16. The molecule has 0 amide bonds. The Kier molecular flexibility index (Phi) is 16.8.